The number of carbonyl (C=O) groups excluding carboxylic acids is 1. The number of nitrogens with zero attached hydrogens (tertiary/aromatic N) is 1. The number of ether oxygens (including phenoxy) is 1. The van der Waals surface area contributed by atoms with E-state index in [2.05, 4.69) is 15.5 Å². The van der Waals surface area contributed by atoms with Crippen LogP contribution in [0.25, 0.3) is 0 Å². The summed E-state index contributed by atoms with van der Waals surface area (Å²) in [5.41, 5.74) is 0. The average molecular weight is 229 g/mol. The molecule has 5 nitrogen and oxygen atoms in total. The molecule has 2 N–H and O–H groups in total. The molecule has 0 unspecified atom stereocenters. The highest BCUT2D eigenvalue weighted by Gasteiger charge is 2.18. The summed E-state index contributed by atoms with van der Waals surface area (Å²) in [7, 11) is 4.02. The zero-order valence-electron chi connectivity index (χ0n) is 10.3. The lowest BCUT2D eigenvalue weighted by atomic mass is 9.93. The quantitative estimate of drug-likeness (QED) is 0.622. The van der Waals surface area contributed by atoms with Gasteiger partial charge in [-0.25, -0.2) is 4.79 Å². The van der Waals surface area contributed by atoms with E-state index in [1.54, 1.807) is 0 Å². The minimum atomic E-state index is -0.0686. The third kappa shape index (κ3) is 5.92. The highest BCUT2D eigenvalue weighted by atomic mass is 16.5. The van der Waals surface area contributed by atoms with Crippen LogP contribution in [0.3, 0.4) is 0 Å². The van der Waals surface area contributed by atoms with Gasteiger partial charge in [0, 0.05) is 19.1 Å². The summed E-state index contributed by atoms with van der Waals surface area (Å²) in [6.45, 7) is 2.77. The molecule has 1 fully saturated rings. The van der Waals surface area contributed by atoms with Gasteiger partial charge in [-0.1, -0.05) is 0 Å². The summed E-state index contributed by atoms with van der Waals surface area (Å²) in [5, 5.41) is 5.69. The van der Waals surface area contributed by atoms with E-state index in [-0.39, 0.29) is 6.03 Å². The van der Waals surface area contributed by atoms with Crippen LogP contribution in [0.1, 0.15) is 19.3 Å². The molecule has 0 bridgehead atoms. The first-order valence-corrected chi connectivity index (χ1v) is 5.95. The van der Waals surface area contributed by atoms with Crippen molar-refractivity contribution >= 4 is 6.03 Å². The fraction of sp³-hybridized carbons (Fsp3) is 0.909. The van der Waals surface area contributed by atoms with Crippen molar-refractivity contribution in [1.29, 1.82) is 0 Å². The Morgan fingerprint density at radius 3 is 2.69 bits per heavy atom. The Balaban J connectivity index is 1.84. The second-order valence-corrected chi connectivity index (χ2v) is 4.44. The molecule has 0 heterocycles. The molecule has 1 aliphatic rings. The van der Waals surface area contributed by atoms with Gasteiger partial charge < -0.3 is 20.3 Å². The Kier molecular flexibility index (Phi) is 6.18. The maximum Gasteiger partial charge on any atom is 0.315 e. The van der Waals surface area contributed by atoms with E-state index in [1.165, 1.54) is 6.42 Å². The van der Waals surface area contributed by atoms with Crippen LogP contribution in [-0.2, 0) is 4.74 Å². The van der Waals surface area contributed by atoms with Crippen LogP contribution in [0, 0.1) is 0 Å². The van der Waals surface area contributed by atoms with Crippen LogP contribution in [0.4, 0.5) is 4.79 Å². The van der Waals surface area contributed by atoms with Crippen LogP contribution in [0.2, 0.25) is 0 Å². The first-order valence-electron chi connectivity index (χ1n) is 5.95. The standard InChI is InChI=1S/C11H23N3O2/c1-14(2)7-9-16-8-6-12-11(15)13-10-4-3-5-10/h10H,3-9H2,1-2H3,(H2,12,13,15). The van der Waals surface area contributed by atoms with Crippen molar-refractivity contribution in [2.75, 3.05) is 40.4 Å². The molecular formula is C11H23N3O2. The zero-order valence-corrected chi connectivity index (χ0v) is 10.3. The van der Waals surface area contributed by atoms with Gasteiger partial charge in [0.15, 0.2) is 0 Å². The fourth-order valence-electron chi connectivity index (χ4n) is 1.37. The molecule has 1 saturated carbocycles. The van der Waals surface area contributed by atoms with Crippen LogP contribution in [0.15, 0.2) is 0 Å². The van der Waals surface area contributed by atoms with Crippen molar-refractivity contribution in [3.8, 4) is 0 Å². The first kappa shape index (κ1) is 13.3. The van der Waals surface area contributed by atoms with Crippen molar-refractivity contribution in [3.05, 3.63) is 0 Å². The number of urea groups is 1. The van der Waals surface area contributed by atoms with Crippen molar-refractivity contribution < 1.29 is 9.53 Å². The van der Waals surface area contributed by atoms with Crippen molar-refractivity contribution in [1.82, 2.24) is 15.5 Å². The van der Waals surface area contributed by atoms with Crippen molar-refractivity contribution in [2.45, 2.75) is 25.3 Å². The molecule has 0 spiro atoms. The van der Waals surface area contributed by atoms with E-state index < -0.39 is 0 Å². The minimum Gasteiger partial charge on any atom is -0.378 e. The monoisotopic (exact) mass is 229 g/mol. The summed E-state index contributed by atoms with van der Waals surface area (Å²) in [6.07, 6.45) is 3.47. The van der Waals surface area contributed by atoms with Gasteiger partial charge in [-0.3, -0.25) is 0 Å². The summed E-state index contributed by atoms with van der Waals surface area (Å²) in [5.74, 6) is 0. The number of carbonyl (C=O) groups is 1. The molecule has 0 saturated heterocycles. The summed E-state index contributed by atoms with van der Waals surface area (Å²) >= 11 is 0. The Morgan fingerprint density at radius 2 is 2.12 bits per heavy atom. The van der Waals surface area contributed by atoms with E-state index >= 15 is 0 Å². The van der Waals surface area contributed by atoms with Gasteiger partial charge in [-0.15, -0.1) is 0 Å². The lowest BCUT2D eigenvalue weighted by Crippen LogP contribution is -2.45. The van der Waals surface area contributed by atoms with Crippen molar-refractivity contribution in [3.63, 3.8) is 0 Å². The Morgan fingerprint density at radius 1 is 1.38 bits per heavy atom. The lowest BCUT2D eigenvalue weighted by molar-refractivity contribution is 0.119. The van der Waals surface area contributed by atoms with Gasteiger partial charge >= 0.3 is 6.03 Å². The summed E-state index contributed by atoms with van der Waals surface area (Å²) in [6, 6.07) is 0.329. The number of rotatable bonds is 7. The molecule has 1 aliphatic carbocycles. The van der Waals surface area contributed by atoms with E-state index in [0.717, 1.165) is 19.4 Å². The normalized spacial score (nSPS) is 15.9. The van der Waals surface area contributed by atoms with E-state index in [0.29, 0.717) is 25.8 Å². The van der Waals surface area contributed by atoms with Gasteiger partial charge in [0.25, 0.3) is 0 Å². The van der Waals surface area contributed by atoms with Gasteiger partial charge in [0.05, 0.1) is 13.2 Å². The number of nitrogens with one attached hydrogen (secondary N) is 2. The smallest absolute Gasteiger partial charge is 0.315 e. The second kappa shape index (κ2) is 7.46. The Labute approximate surface area is 97.5 Å². The molecule has 94 valence electrons. The SMILES string of the molecule is CN(C)CCOCCNC(=O)NC1CCC1. The minimum absolute atomic E-state index is 0.0686. The molecule has 0 radical (unpaired) electrons. The molecule has 0 aromatic rings. The Hall–Kier alpha value is -0.810. The average Bonchev–Trinajstić information content (AvgIpc) is 2.17. The highest BCUT2D eigenvalue weighted by Crippen LogP contribution is 2.17. The zero-order chi connectivity index (χ0) is 11.8. The molecule has 16 heavy (non-hydrogen) atoms. The van der Waals surface area contributed by atoms with Crippen LogP contribution in [0.5, 0.6) is 0 Å². The highest BCUT2D eigenvalue weighted by molar-refractivity contribution is 5.74. The van der Waals surface area contributed by atoms with E-state index in [9.17, 15) is 4.79 Å². The van der Waals surface area contributed by atoms with Crippen LogP contribution >= 0.6 is 0 Å². The molecule has 0 aliphatic heterocycles. The van der Waals surface area contributed by atoms with Gasteiger partial charge in [0.1, 0.15) is 0 Å². The van der Waals surface area contributed by atoms with Crippen LogP contribution < -0.4 is 10.6 Å². The molecule has 0 aromatic heterocycles. The number of hydrogen-bond donors (Lipinski definition) is 2. The van der Waals surface area contributed by atoms with Gasteiger partial charge in [-0.05, 0) is 33.4 Å². The topological polar surface area (TPSA) is 53.6 Å². The first-order chi connectivity index (χ1) is 7.68. The lowest BCUT2D eigenvalue weighted by Gasteiger charge is -2.26. The molecule has 5 heteroatoms. The molecule has 0 aromatic carbocycles. The third-order valence-electron chi connectivity index (χ3n) is 2.66. The molecular weight excluding hydrogens is 206 g/mol. The predicted octanol–water partition coefficient (Wildman–Crippen LogP) is 0.416. The summed E-state index contributed by atoms with van der Waals surface area (Å²) < 4.78 is 5.36. The number of likely N-dealkylation sites (N-methyl/N-ethyl adjacent to an activating group) is 1. The number of hydrogen-bond acceptors (Lipinski definition) is 3. The molecule has 0 atom stereocenters. The third-order valence-corrected chi connectivity index (χ3v) is 2.66. The predicted molar refractivity (Wildman–Crippen MR) is 63.5 cm³/mol. The van der Waals surface area contributed by atoms with E-state index in [4.69, 9.17) is 4.74 Å². The van der Waals surface area contributed by atoms with E-state index in [1.807, 2.05) is 14.1 Å². The molecule has 2 amide bonds. The van der Waals surface area contributed by atoms with Gasteiger partial charge in [0.2, 0.25) is 0 Å². The number of amides is 2. The Bertz CT molecular complexity index is 205. The fourth-order valence-corrected chi connectivity index (χ4v) is 1.37. The van der Waals surface area contributed by atoms with Crippen LogP contribution in [-0.4, -0.2) is 57.4 Å². The largest absolute Gasteiger partial charge is 0.378 e. The van der Waals surface area contributed by atoms with Gasteiger partial charge in [-0.2, -0.15) is 0 Å². The molecule has 1 rings (SSSR count). The van der Waals surface area contributed by atoms with Crippen molar-refractivity contribution in [2.24, 2.45) is 0 Å². The maximum absolute atomic E-state index is 11.3. The summed E-state index contributed by atoms with van der Waals surface area (Å²) in [4.78, 5) is 13.4. The maximum atomic E-state index is 11.3. The second-order valence-electron chi connectivity index (χ2n) is 4.44.